The number of anilines is 1. The fraction of sp³-hybridized carbons (Fsp3) is 0.235. The zero-order valence-electron chi connectivity index (χ0n) is 14.9. The van der Waals surface area contributed by atoms with Crippen LogP contribution in [0.2, 0.25) is 0 Å². The molecule has 4 heterocycles. The quantitative estimate of drug-likeness (QED) is 0.565. The maximum atomic E-state index is 12.9. The van der Waals surface area contributed by atoms with E-state index in [1.807, 2.05) is 0 Å². The summed E-state index contributed by atoms with van der Waals surface area (Å²) in [6.07, 6.45) is 3.48. The normalized spacial score (nSPS) is 11.5. The molecule has 11 heteroatoms. The van der Waals surface area contributed by atoms with Crippen molar-refractivity contribution < 1.29 is 18.1 Å². The third kappa shape index (κ3) is 3.33. The van der Waals surface area contributed by atoms with Gasteiger partial charge in [-0.3, -0.25) is 14.2 Å². The average Bonchev–Trinajstić information content (AvgIpc) is 3.35. The van der Waals surface area contributed by atoms with Crippen LogP contribution in [-0.2, 0) is 13.6 Å². The molecule has 4 rings (SSSR count). The molecule has 1 N–H and O–H groups in total. The van der Waals surface area contributed by atoms with E-state index in [2.05, 4.69) is 25.7 Å². The molecular formula is C17H15F2N7O2. The third-order valence-corrected chi connectivity index (χ3v) is 4.08. The molecule has 9 nitrogen and oxygen atoms in total. The Morgan fingerprint density at radius 1 is 1.29 bits per heavy atom. The average molecular weight is 387 g/mol. The summed E-state index contributed by atoms with van der Waals surface area (Å²) in [6, 6.07) is 1.61. The van der Waals surface area contributed by atoms with Gasteiger partial charge in [0.2, 0.25) is 0 Å². The molecule has 0 aliphatic rings. The van der Waals surface area contributed by atoms with Gasteiger partial charge in [0.05, 0.1) is 40.4 Å². The standard InChI is InChI=1S/C17H15F2N7O2/c1-9-15-12(16(27)22-11-5-21-26(7-11)8-14(18)19)3-13(23-17(15)28-24-9)10-4-20-25(2)6-10/h3-7,14H,8H2,1-2H3,(H,22,27). The first-order valence-electron chi connectivity index (χ1n) is 8.28. The molecule has 4 aromatic heterocycles. The zero-order chi connectivity index (χ0) is 19.8. The molecule has 0 spiro atoms. The van der Waals surface area contributed by atoms with Gasteiger partial charge >= 0.3 is 0 Å². The van der Waals surface area contributed by atoms with Crippen molar-refractivity contribution in [3.8, 4) is 11.3 Å². The van der Waals surface area contributed by atoms with Crippen molar-refractivity contribution >= 4 is 22.7 Å². The number of hydrogen-bond acceptors (Lipinski definition) is 6. The Morgan fingerprint density at radius 2 is 2.11 bits per heavy atom. The van der Waals surface area contributed by atoms with Gasteiger partial charge in [0.1, 0.15) is 6.54 Å². The molecular weight excluding hydrogens is 372 g/mol. The van der Waals surface area contributed by atoms with Crippen LogP contribution in [0.1, 0.15) is 16.1 Å². The molecule has 0 fully saturated rings. The van der Waals surface area contributed by atoms with Crippen LogP contribution in [0.5, 0.6) is 0 Å². The van der Waals surface area contributed by atoms with Gasteiger partial charge in [-0.2, -0.15) is 10.2 Å². The second kappa shape index (κ2) is 6.83. The highest BCUT2D eigenvalue weighted by Gasteiger charge is 2.20. The molecule has 144 valence electrons. The van der Waals surface area contributed by atoms with E-state index in [9.17, 15) is 13.6 Å². The smallest absolute Gasteiger partial charge is 0.259 e. The second-order valence-electron chi connectivity index (χ2n) is 6.20. The summed E-state index contributed by atoms with van der Waals surface area (Å²) in [4.78, 5) is 17.3. The van der Waals surface area contributed by atoms with E-state index in [-0.39, 0.29) is 5.71 Å². The lowest BCUT2D eigenvalue weighted by atomic mass is 10.1. The summed E-state index contributed by atoms with van der Waals surface area (Å²) in [5.41, 5.74) is 2.53. The number of aromatic nitrogens is 6. The van der Waals surface area contributed by atoms with Crippen molar-refractivity contribution in [3.05, 3.63) is 42.1 Å². The molecule has 0 atom stereocenters. The van der Waals surface area contributed by atoms with Gasteiger partial charge in [0, 0.05) is 25.0 Å². The Morgan fingerprint density at radius 3 is 2.82 bits per heavy atom. The fourth-order valence-electron chi connectivity index (χ4n) is 2.84. The van der Waals surface area contributed by atoms with Gasteiger partial charge < -0.3 is 9.84 Å². The van der Waals surface area contributed by atoms with E-state index < -0.39 is 18.9 Å². The Kier molecular flexibility index (Phi) is 4.34. The van der Waals surface area contributed by atoms with Crippen LogP contribution in [0.15, 0.2) is 35.4 Å². The van der Waals surface area contributed by atoms with Crippen LogP contribution in [0, 0.1) is 6.92 Å². The zero-order valence-corrected chi connectivity index (χ0v) is 14.9. The third-order valence-electron chi connectivity index (χ3n) is 4.08. The fourth-order valence-corrected chi connectivity index (χ4v) is 2.84. The van der Waals surface area contributed by atoms with Crippen LogP contribution in [0.3, 0.4) is 0 Å². The van der Waals surface area contributed by atoms with E-state index in [1.165, 1.54) is 12.4 Å². The van der Waals surface area contributed by atoms with Crippen molar-refractivity contribution in [1.29, 1.82) is 0 Å². The van der Waals surface area contributed by atoms with Crippen LogP contribution in [-0.4, -0.2) is 42.0 Å². The SMILES string of the molecule is Cc1noc2nc(-c3cnn(C)c3)cc(C(=O)Nc3cnn(CC(F)F)c3)c12. The van der Waals surface area contributed by atoms with Crippen LogP contribution in [0.25, 0.3) is 22.4 Å². The number of hydrogen-bond donors (Lipinski definition) is 1. The number of rotatable bonds is 5. The summed E-state index contributed by atoms with van der Waals surface area (Å²) >= 11 is 0. The summed E-state index contributed by atoms with van der Waals surface area (Å²) < 4.78 is 32.9. The number of halogens is 2. The highest BCUT2D eigenvalue weighted by Crippen LogP contribution is 2.27. The largest absolute Gasteiger partial charge is 0.335 e. The number of carbonyl (C=O) groups is 1. The maximum absolute atomic E-state index is 12.9. The van der Waals surface area contributed by atoms with Gasteiger partial charge in [0.25, 0.3) is 18.0 Å². The number of amides is 1. The van der Waals surface area contributed by atoms with Gasteiger partial charge in [-0.25, -0.2) is 13.8 Å². The highest BCUT2D eigenvalue weighted by atomic mass is 19.3. The molecule has 0 unspecified atom stereocenters. The molecule has 0 aliphatic heterocycles. The lowest BCUT2D eigenvalue weighted by molar-refractivity contribution is 0.102. The lowest BCUT2D eigenvalue weighted by Gasteiger charge is -2.06. The maximum Gasteiger partial charge on any atom is 0.259 e. The summed E-state index contributed by atoms with van der Waals surface area (Å²) in [5, 5.41) is 14.9. The van der Waals surface area contributed by atoms with Crippen LogP contribution >= 0.6 is 0 Å². The van der Waals surface area contributed by atoms with Crippen molar-refractivity contribution in [3.63, 3.8) is 0 Å². The number of aryl methyl sites for hydroxylation is 2. The second-order valence-corrected chi connectivity index (χ2v) is 6.20. The Labute approximate surface area is 156 Å². The van der Waals surface area contributed by atoms with Crippen molar-refractivity contribution in [1.82, 2.24) is 29.7 Å². The first kappa shape index (κ1) is 17.8. The topological polar surface area (TPSA) is 104 Å². The Hall–Kier alpha value is -3.63. The molecule has 0 radical (unpaired) electrons. The van der Waals surface area contributed by atoms with Crippen LogP contribution in [0.4, 0.5) is 14.5 Å². The number of nitrogens with one attached hydrogen (secondary N) is 1. The first-order valence-corrected chi connectivity index (χ1v) is 8.28. The number of pyridine rings is 1. The molecule has 4 aromatic rings. The van der Waals surface area contributed by atoms with E-state index in [0.29, 0.717) is 33.6 Å². The van der Waals surface area contributed by atoms with Gasteiger partial charge in [-0.1, -0.05) is 5.16 Å². The number of fused-ring (bicyclic) bond motifs is 1. The van der Waals surface area contributed by atoms with E-state index >= 15 is 0 Å². The lowest BCUT2D eigenvalue weighted by Crippen LogP contribution is -2.13. The van der Waals surface area contributed by atoms with Gasteiger partial charge in [-0.05, 0) is 13.0 Å². The molecule has 1 amide bonds. The predicted molar refractivity (Wildman–Crippen MR) is 94.9 cm³/mol. The number of alkyl halides is 2. The van der Waals surface area contributed by atoms with Gasteiger partial charge in [-0.15, -0.1) is 0 Å². The monoisotopic (exact) mass is 387 g/mol. The minimum atomic E-state index is -2.54. The molecule has 0 saturated heterocycles. The molecule has 28 heavy (non-hydrogen) atoms. The van der Waals surface area contributed by atoms with E-state index in [1.54, 1.807) is 37.1 Å². The Balaban J connectivity index is 1.71. The number of carbonyl (C=O) groups excluding carboxylic acids is 1. The highest BCUT2D eigenvalue weighted by molar-refractivity contribution is 6.12. The summed E-state index contributed by atoms with van der Waals surface area (Å²) in [7, 11) is 1.77. The van der Waals surface area contributed by atoms with Crippen molar-refractivity contribution in [2.24, 2.45) is 7.05 Å². The Bertz CT molecular complexity index is 1160. The molecule has 0 saturated carbocycles. The molecule has 0 aromatic carbocycles. The van der Waals surface area contributed by atoms with Crippen LogP contribution < -0.4 is 5.32 Å². The van der Waals surface area contributed by atoms with E-state index in [4.69, 9.17) is 4.52 Å². The van der Waals surface area contributed by atoms with Gasteiger partial charge in [0.15, 0.2) is 0 Å². The first-order chi connectivity index (χ1) is 13.4. The van der Waals surface area contributed by atoms with E-state index in [0.717, 1.165) is 4.68 Å². The molecule has 0 aliphatic carbocycles. The van der Waals surface area contributed by atoms with Crippen molar-refractivity contribution in [2.75, 3.05) is 5.32 Å². The molecule has 0 bridgehead atoms. The number of nitrogens with zero attached hydrogens (tertiary/aromatic N) is 6. The minimum absolute atomic E-state index is 0.220. The minimum Gasteiger partial charge on any atom is -0.335 e. The summed E-state index contributed by atoms with van der Waals surface area (Å²) in [6.45, 7) is 1.15. The predicted octanol–water partition coefficient (Wildman–Crippen LogP) is 2.65. The van der Waals surface area contributed by atoms with Crippen molar-refractivity contribution in [2.45, 2.75) is 19.9 Å². The summed E-state index contributed by atoms with van der Waals surface area (Å²) in [5.74, 6) is -0.458.